The van der Waals surface area contributed by atoms with Gasteiger partial charge in [-0.2, -0.15) is 5.10 Å². The summed E-state index contributed by atoms with van der Waals surface area (Å²) in [6, 6.07) is 11.0. The zero-order valence-electron chi connectivity index (χ0n) is 16.5. The van der Waals surface area contributed by atoms with Crippen LogP contribution < -0.4 is 5.56 Å². The molecule has 2 aromatic heterocycles. The molecular formula is C22H24N4O3. The minimum atomic E-state index is -0.206. The van der Waals surface area contributed by atoms with Crippen LogP contribution in [0.25, 0.3) is 10.8 Å². The van der Waals surface area contributed by atoms with Gasteiger partial charge in [0.05, 0.1) is 11.5 Å². The van der Waals surface area contributed by atoms with E-state index in [0.29, 0.717) is 36.1 Å². The molecule has 1 aliphatic rings. The molecule has 7 nitrogen and oxygen atoms in total. The van der Waals surface area contributed by atoms with Crippen molar-refractivity contribution in [2.24, 2.45) is 0 Å². The first kappa shape index (κ1) is 19.3. The van der Waals surface area contributed by atoms with Crippen LogP contribution >= 0.6 is 0 Å². The molecule has 0 N–H and O–H groups in total. The largest absolute Gasteiger partial charge is 0.376 e. The Morgan fingerprint density at radius 3 is 2.76 bits per heavy atom. The van der Waals surface area contributed by atoms with Crippen molar-refractivity contribution in [2.75, 3.05) is 13.2 Å². The Balaban J connectivity index is 1.75. The van der Waals surface area contributed by atoms with E-state index >= 15 is 0 Å². The number of hydrogen-bond acceptors (Lipinski definition) is 5. The summed E-state index contributed by atoms with van der Waals surface area (Å²) in [6.45, 7) is 3.86. The second-order valence-electron chi connectivity index (χ2n) is 7.20. The number of carbonyl (C=O) groups is 1. The monoisotopic (exact) mass is 392 g/mol. The molecule has 0 spiro atoms. The molecule has 150 valence electrons. The van der Waals surface area contributed by atoms with Crippen molar-refractivity contribution < 1.29 is 9.53 Å². The van der Waals surface area contributed by atoms with Gasteiger partial charge in [-0.1, -0.05) is 24.3 Å². The highest BCUT2D eigenvalue weighted by Gasteiger charge is 2.26. The maximum atomic E-state index is 13.6. The molecule has 1 aliphatic heterocycles. The first-order chi connectivity index (χ1) is 14.2. The van der Waals surface area contributed by atoms with Crippen LogP contribution in [0.5, 0.6) is 0 Å². The number of hydrogen-bond donors (Lipinski definition) is 0. The minimum Gasteiger partial charge on any atom is -0.376 e. The number of nitrogens with zero attached hydrogens (tertiary/aromatic N) is 4. The maximum Gasteiger partial charge on any atom is 0.275 e. The molecule has 1 amide bonds. The molecule has 0 saturated carbocycles. The molecule has 1 saturated heterocycles. The molecule has 7 heteroatoms. The third kappa shape index (κ3) is 4.05. The van der Waals surface area contributed by atoms with Crippen LogP contribution in [0.3, 0.4) is 0 Å². The smallest absolute Gasteiger partial charge is 0.275 e. The van der Waals surface area contributed by atoms with Crippen LogP contribution in [-0.4, -0.2) is 44.8 Å². The second kappa shape index (κ2) is 8.53. The molecule has 1 atom stereocenters. The number of amides is 1. The van der Waals surface area contributed by atoms with Crippen LogP contribution in [0.1, 0.15) is 35.8 Å². The lowest BCUT2D eigenvalue weighted by molar-refractivity contribution is 0.0502. The van der Waals surface area contributed by atoms with Gasteiger partial charge in [-0.3, -0.25) is 14.6 Å². The van der Waals surface area contributed by atoms with Crippen LogP contribution in [0.2, 0.25) is 0 Å². The summed E-state index contributed by atoms with van der Waals surface area (Å²) in [4.78, 5) is 32.1. The van der Waals surface area contributed by atoms with Crippen molar-refractivity contribution in [3.8, 4) is 0 Å². The van der Waals surface area contributed by atoms with Gasteiger partial charge in [-0.05, 0) is 37.5 Å². The number of carbonyl (C=O) groups excluding carboxylic acids is 1. The third-order valence-electron chi connectivity index (χ3n) is 5.20. The summed E-state index contributed by atoms with van der Waals surface area (Å²) in [6.07, 6.45) is 5.41. The SMILES string of the molecule is CCn1nc(C(=O)N(Cc2cccnc2)C[C@H]2CCCO2)c2ccccc2c1=O. The van der Waals surface area contributed by atoms with Crippen LogP contribution in [0.4, 0.5) is 0 Å². The summed E-state index contributed by atoms with van der Waals surface area (Å²) < 4.78 is 7.12. The number of benzene rings is 1. The van der Waals surface area contributed by atoms with Gasteiger partial charge in [0, 0.05) is 44.0 Å². The van der Waals surface area contributed by atoms with E-state index < -0.39 is 0 Å². The van der Waals surface area contributed by atoms with E-state index in [0.717, 1.165) is 25.0 Å². The van der Waals surface area contributed by atoms with E-state index in [9.17, 15) is 9.59 Å². The minimum absolute atomic E-state index is 0.0129. The Morgan fingerprint density at radius 1 is 1.24 bits per heavy atom. The van der Waals surface area contributed by atoms with Gasteiger partial charge in [0.15, 0.2) is 5.69 Å². The molecule has 0 aliphatic carbocycles. The molecule has 0 bridgehead atoms. The number of pyridine rings is 1. The average molecular weight is 392 g/mol. The summed E-state index contributed by atoms with van der Waals surface area (Å²) in [5.74, 6) is -0.206. The normalized spacial score (nSPS) is 16.2. The molecule has 3 aromatic rings. The fourth-order valence-electron chi connectivity index (χ4n) is 3.72. The summed E-state index contributed by atoms with van der Waals surface area (Å²) in [5.41, 5.74) is 1.05. The van der Waals surface area contributed by atoms with Gasteiger partial charge < -0.3 is 9.64 Å². The van der Waals surface area contributed by atoms with Crippen molar-refractivity contribution >= 4 is 16.7 Å². The number of ether oxygens (including phenoxy) is 1. The Morgan fingerprint density at radius 2 is 2.07 bits per heavy atom. The predicted molar refractivity (Wildman–Crippen MR) is 110 cm³/mol. The molecule has 29 heavy (non-hydrogen) atoms. The van der Waals surface area contributed by atoms with Gasteiger partial charge in [0.25, 0.3) is 11.5 Å². The highest BCUT2D eigenvalue weighted by Crippen LogP contribution is 2.20. The predicted octanol–water partition coefficient (Wildman–Crippen LogP) is 2.63. The number of fused-ring (bicyclic) bond motifs is 1. The lowest BCUT2D eigenvalue weighted by Gasteiger charge is -2.26. The van der Waals surface area contributed by atoms with Crippen molar-refractivity contribution in [1.82, 2.24) is 19.7 Å². The van der Waals surface area contributed by atoms with Gasteiger partial charge in [-0.25, -0.2) is 4.68 Å². The fraction of sp³-hybridized carbons (Fsp3) is 0.364. The molecular weight excluding hydrogens is 368 g/mol. The average Bonchev–Trinajstić information content (AvgIpc) is 3.27. The highest BCUT2D eigenvalue weighted by atomic mass is 16.5. The van der Waals surface area contributed by atoms with Crippen molar-refractivity contribution in [3.05, 3.63) is 70.4 Å². The topological polar surface area (TPSA) is 77.3 Å². The third-order valence-corrected chi connectivity index (χ3v) is 5.20. The first-order valence-electron chi connectivity index (χ1n) is 9.97. The molecule has 3 heterocycles. The molecule has 4 rings (SSSR count). The lowest BCUT2D eigenvalue weighted by Crippen LogP contribution is -2.38. The lowest BCUT2D eigenvalue weighted by atomic mass is 10.1. The van der Waals surface area contributed by atoms with E-state index in [1.807, 2.05) is 25.1 Å². The molecule has 1 aromatic carbocycles. The summed E-state index contributed by atoms with van der Waals surface area (Å²) >= 11 is 0. The van der Waals surface area contributed by atoms with Crippen molar-refractivity contribution in [3.63, 3.8) is 0 Å². The van der Waals surface area contributed by atoms with E-state index in [2.05, 4.69) is 10.1 Å². The van der Waals surface area contributed by atoms with Crippen LogP contribution in [-0.2, 0) is 17.8 Å². The second-order valence-corrected chi connectivity index (χ2v) is 7.20. The summed E-state index contributed by atoms with van der Waals surface area (Å²) in [7, 11) is 0. The maximum absolute atomic E-state index is 13.6. The number of aromatic nitrogens is 3. The molecule has 0 radical (unpaired) electrons. The van der Waals surface area contributed by atoms with Crippen molar-refractivity contribution in [1.29, 1.82) is 0 Å². The van der Waals surface area contributed by atoms with E-state index in [1.54, 1.807) is 35.5 Å². The van der Waals surface area contributed by atoms with Gasteiger partial charge in [0.1, 0.15) is 0 Å². The Kier molecular flexibility index (Phi) is 5.67. The molecule has 0 unspecified atom stereocenters. The Labute approximate surface area is 168 Å². The van der Waals surface area contributed by atoms with Gasteiger partial charge >= 0.3 is 0 Å². The standard InChI is InChI=1S/C22H24N4O3/c1-2-26-21(27)19-10-4-3-9-18(19)20(24-26)22(28)25(15-17-8-6-12-29-17)14-16-7-5-11-23-13-16/h3-5,7,9-11,13,17H,2,6,8,12,14-15H2,1H3/t17-/m1/s1. The van der Waals surface area contributed by atoms with E-state index in [-0.39, 0.29) is 17.6 Å². The Hall–Kier alpha value is -3.06. The number of rotatable bonds is 6. The van der Waals surface area contributed by atoms with Crippen molar-refractivity contribution in [2.45, 2.75) is 39.0 Å². The fourth-order valence-corrected chi connectivity index (χ4v) is 3.72. The van der Waals surface area contributed by atoms with E-state index in [4.69, 9.17) is 4.74 Å². The Bertz CT molecular complexity index is 1060. The zero-order valence-corrected chi connectivity index (χ0v) is 16.5. The van der Waals surface area contributed by atoms with Gasteiger partial charge in [-0.15, -0.1) is 0 Å². The highest BCUT2D eigenvalue weighted by molar-refractivity contribution is 6.04. The van der Waals surface area contributed by atoms with Crippen LogP contribution in [0, 0.1) is 0 Å². The zero-order chi connectivity index (χ0) is 20.2. The summed E-state index contributed by atoms with van der Waals surface area (Å²) in [5, 5.41) is 5.50. The van der Waals surface area contributed by atoms with E-state index in [1.165, 1.54) is 4.68 Å². The van der Waals surface area contributed by atoms with Gasteiger partial charge in [0.2, 0.25) is 0 Å². The van der Waals surface area contributed by atoms with Crippen LogP contribution in [0.15, 0.2) is 53.6 Å². The quantitative estimate of drug-likeness (QED) is 0.644. The number of aryl methyl sites for hydroxylation is 1. The first-order valence-corrected chi connectivity index (χ1v) is 9.97. The molecule has 1 fully saturated rings.